The molecule has 3 aromatic carbocycles. The number of hydrogen-bond donors (Lipinski definition) is 1. The van der Waals surface area contributed by atoms with Crippen LogP contribution in [0.2, 0.25) is 0 Å². The number of benzene rings is 3. The van der Waals surface area contributed by atoms with Gasteiger partial charge in [-0.3, -0.25) is 14.4 Å². The van der Waals surface area contributed by atoms with Crippen molar-refractivity contribution in [2.24, 2.45) is 5.28 Å². The lowest BCUT2D eigenvalue weighted by molar-refractivity contribution is -0.717. The fourth-order valence-corrected chi connectivity index (χ4v) is 5.73. The number of carbonyl (C=O) groups is 3. The summed E-state index contributed by atoms with van der Waals surface area (Å²) >= 11 is 0. The Balaban J connectivity index is 1.28. The maximum atomic E-state index is 13.6. The number of aromatic nitrogens is 2. The van der Waals surface area contributed by atoms with Crippen LogP contribution in [0.5, 0.6) is 0 Å². The van der Waals surface area contributed by atoms with E-state index >= 15 is 0 Å². The number of alkyl halides is 3. The maximum Gasteiger partial charge on any atom is 0.435 e. The Kier molecular flexibility index (Phi) is 8.94. The van der Waals surface area contributed by atoms with Crippen molar-refractivity contribution in [1.82, 2.24) is 24.4 Å². The number of amides is 3. The van der Waals surface area contributed by atoms with Crippen molar-refractivity contribution in [3.8, 4) is 16.9 Å². The van der Waals surface area contributed by atoms with Gasteiger partial charge in [-0.1, -0.05) is 42.0 Å². The number of carbonyl (C=O) groups excluding carboxylic acids is 3. The fourth-order valence-electron chi connectivity index (χ4n) is 4.62. The first-order chi connectivity index (χ1) is 22.9. The highest BCUT2D eigenvalue weighted by Crippen LogP contribution is 2.33. The molecule has 18 heteroatoms. The van der Waals surface area contributed by atoms with Gasteiger partial charge in [-0.2, -0.15) is 18.3 Å². The molecular formula is C31H28F3N7O7S. The minimum absolute atomic E-state index is 0.112. The average molecular weight is 700 g/mol. The molecular weight excluding hydrogens is 671 g/mol. The number of hydrazine groups is 1. The molecule has 2 heterocycles. The van der Waals surface area contributed by atoms with Crippen molar-refractivity contribution in [3.63, 3.8) is 0 Å². The third-order valence-electron chi connectivity index (χ3n) is 7.78. The zero-order valence-corrected chi connectivity index (χ0v) is 27.1. The highest BCUT2D eigenvalue weighted by atomic mass is 32.2. The predicted octanol–water partition coefficient (Wildman–Crippen LogP) is 4.44. The Morgan fingerprint density at radius 1 is 1.00 bits per heavy atom. The molecule has 256 valence electrons. The number of aryl methyl sites for hydroxylation is 1. The normalized spacial score (nSPS) is 13.8. The van der Waals surface area contributed by atoms with E-state index in [0.29, 0.717) is 10.6 Å². The Hall–Kier alpha value is -5.78. The molecule has 1 aliphatic rings. The predicted molar refractivity (Wildman–Crippen MR) is 165 cm³/mol. The smallest absolute Gasteiger partial charge is 0.435 e. The van der Waals surface area contributed by atoms with Crippen molar-refractivity contribution in [2.75, 3.05) is 13.8 Å². The van der Waals surface area contributed by atoms with Gasteiger partial charge < -0.3 is 10.0 Å². The van der Waals surface area contributed by atoms with Gasteiger partial charge in [0.2, 0.25) is 12.0 Å². The number of imide groups is 1. The van der Waals surface area contributed by atoms with Crippen molar-refractivity contribution in [3.05, 3.63) is 106 Å². The van der Waals surface area contributed by atoms with Crippen LogP contribution in [0.15, 0.2) is 89.0 Å². The maximum absolute atomic E-state index is 13.6. The quantitative estimate of drug-likeness (QED) is 0.109. The molecule has 0 unspecified atom stereocenters. The molecule has 0 bridgehead atoms. The Bertz CT molecular complexity index is 2040. The third-order valence-corrected chi connectivity index (χ3v) is 9.13. The van der Waals surface area contributed by atoms with Crippen molar-refractivity contribution in [1.29, 1.82) is 0 Å². The summed E-state index contributed by atoms with van der Waals surface area (Å²) in [7, 11) is -3.43. The van der Waals surface area contributed by atoms with Crippen molar-refractivity contribution >= 4 is 27.7 Å². The van der Waals surface area contributed by atoms with E-state index in [2.05, 4.69) is 10.4 Å². The summed E-state index contributed by atoms with van der Waals surface area (Å²) in [4.78, 5) is 43.1. The molecule has 0 aliphatic carbocycles. The van der Waals surface area contributed by atoms with E-state index in [4.69, 9.17) is 4.84 Å². The van der Waals surface area contributed by atoms with Crippen LogP contribution in [0.4, 0.5) is 13.2 Å². The number of nitrogens with one attached hydrogen (secondary N) is 1. The van der Waals surface area contributed by atoms with Crippen LogP contribution in [0.3, 0.4) is 0 Å². The summed E-state index contributed by atoms with van der Waals surface area (Å²) in [6.45, 7) is 3.55. The molecule has 1 N–H and O–H groups in total. The Morgan fingerprint density at radius 3 is 2.12 bits per heavy atom. The number of hydrogen-bond acceptors (Lipinski definition) is 9. The van der Waals surface area contributed by atoms with Crippen molar-refractivity contribution in [2.45, 2.75) is 37.4 Å². The standard InChI is InChI=1S/C31H28F3N7O7S/c1-19-9-11-20(12-10-19)25-17-26(31(32,33)34)35-40(25)21-13-15-22(16-14-21)49(46,47)36-29(44)30(2,3)38(4)41(45)37-48-18-39-27(42)23-7-5-6-8-24(23)28(39)43/h5-17H,18H2,1-4H3,(H,36,44)/b41-37+. The Labute approximate surface area is 277 Å². The van der Waals surface area contributed by atoms with Crippen LogP contribution < -0.4 is 4.72 Å². The van der Waals surface area contributed by atoms with Gasteiger partial charge in [0.05, 0.1) is 39.4 Å². The highest BCUT2D eigenvalue weighted by Gasteiger charge is 2.41. The lowest BCUT2D eigenvalue weighted by Gasteiger charge is -2.29. The number of rotatable bonds is 10. The molecule has 4 aromatic rings. The summed E-state index contributed by atoms with van der Waals surface area (Å²) in [5, 5.41) is 20.3. The molecule has 5 rings (SSSR count). The molecule has 14 nitrogen and oxygen atoms in total. The average Bonchev–Trinajstić information content (AvgIpc) is 3.61. The van der Waals surface area contributed by atoms with Gasteiger partial charge in [-0.05, 0) is 63.2 Å². The van der Waals surface area contributed by atoms with Crippen LogP contribution in [0, 0.1) is 12.1 Å². The minimum atomic E-state index is -4.74. The largest absolute Gasteiger partial charge is 0.569 e. The molecule has 0 saturated carbocycles. The van der Waals surface area contributed by atoms with E-state index in [1.807, 2.05) is 11.6 Å². The molecule has 1 aromatic heterocycles. The van der Waals surface area contributed by atoms with E-state index in [0.717, 1.165) is 40.4 Å². The second kappa shape index (κ2) is 12.7. The zero-order chi connectivity index (χ0) is 35.9. The molecule has 0 radical (unpaired) electrons. The Morgan fingerprint density at radius 2 is 1.57 bits per heavy atom. The topological polar surface area (TPSA) is 169 Å². The summed E-state index contributed by atoms with van der Waals surface area (Å²) in [6.07, 6.45) is -4.74. The van der Waals surface area contributed by atoms with E-state index in [-0.39, 0.29) is 27.5 Å². The third kappa shape index (κ3) is 6.80. The number of sulfonamides is 1. The first-order valence-electron chi connectivity index (χ1n) is 14.3. The molecule has 3 amide bonds. The fraction of sp³-hybridized carbons (Fsp3) is 0.226. The van der Waals surface area contributed by atoms with Gasteiger partial charge in [0.15, 0.2) is 11.2 Å². The monoisotopic (exact) mass is 699 g/mol. The van der Waals surface area contributed by atoms with Gasteiger partial charge in [0.1, 0.15) is 0 Å². The second-order valence-electron chi connectivity index (χ2n) is 11.4. The summed E-state index contributed by atoms with van der Waals surface area (Å²) in [6, 6.07) is 18.3. The van der Waals surface area contributed by atoms with E-state index < -0.39 is 56.8 Å². The number of halogens is 3. The van der Waals surface area contributed by atoms with Gasteiger partial charge in [0, 0.05) is 5.56 Å². The molecule has 0 spiro atoms. The van der Waals surface area contributed by atoms with Gasteiger partial charge in [0.25, 0.3) is 27.7 Å². The number of fused-ring (bicyclic) bond motifs is 1. The van der Waals surface area contributed by atoms with E-state index in [9.17, 15) is 41.2 Å². The lowest BCUT2D eigenvalue weighted by Crippen LogP contribution is -2.56. The van der Waals surface area contributed by atoms with Gasteiger partial charge in [-0.15, -0.1) is 5.01 Å². The zero-order valence-electron chi connectivity index (χ0n) is 26.3. The van der Waals surface area contributed by atoms with Crippen LogP contribution in [-0.4, -0.2) is 70.1 Å². The first kappa shape index (κ1) is 34.6. The molecule has 0 fully saturated rings. The summed E-state index contributed by atoms with van der Waals surface area (Å²) in [5.74, 6) is -2.46. The lowest BCUT2D eigenvalue weighted by atomic mass is 10.1. The van der Waals surface area contributed by atoms with Crippen LogP contribution in [0.25, 0.3) is 16.9 Å². The van der Waals surface area contributed by atoms with Crippen LogP contribution >= 0.6 is 0 Å². The summed E-state index contributed by atoms with van der Waals surface area (Å²) < 4.78 is 69.8. The van der Waals surface area contributed by atoms with Crippen molar-refractivity contribution < 1.29 is 45.8 Å². The summed E-state index contributed by atoms with van der Waals surface area (Å²) in [5.41, 5.74) is -1.13. The van der Waals surface area contributed by atoms with Gasteiger partial charge in [-0.25, -0.2) is 22.7 Å². The van der Waals surface area contributed by atoms with Gasteiger partial charge >= 0.3 is 6.18 Å². The highest BCUT2D eigenvalue weighted by molar-refractivity contribution is 7.90. The van der Waals surface area contributed by atoms with E-state index in [1.165, 1.54) is 38.1 Å². The molecule has 0 atom stereocenters. The second-order valence-corrected chi connectivity index (χ2v) is 13.1. The molecule has 49 heavy (non-hydrogen) atoms. The molecule has 1 aliphatic heterocycles. The van der Waals surface area contributed by atoms with Crippen LogP contribution in [0.1, 0.15) is 45.8 Å². The number of nitrogens with zero attached hydrogens (tertiary/aromatic N) is 6. The van der Waals surface area contributed by atoms with E-state index in [1.54, 1.807) is 36.4 Å². The first-order valence-corrected chi connectivity index (χ1v) is 15.8. The number of likely N-dealkylation sites (N-methyl/N-ethyl adjacent to an activating group) is 1. The molecule has 0 saturated heterocycles. The SMILES string of the molecule is Cc1ccc(-c2cc(C(F)(F)F)nn2-c2ccc(S(=O)(=O)NC(=O)C(C)(C)N(C)/[N+]([O-])=N\OCN3C(=O)c4ccccc4C3=O)cc2)cc1. The van der Waals surface area contributed by atoms with Crippen LogP contribution in [-0.2, 0) is 25.8 Å². The minimum Gasteiger partial charge on any atom is -0.569 e.